The third-order valence-electron chi connectivity index (χ3n) is 6.80. The third-order valence-corrected chi connectivity index (χ3v) is 6.80. The molecule has 1 fully saturated rings. The largest absolute Gasteiger partial charge is 0.388 e. The molecule has 6 nitrogen and oxygen atoms in total. The number of rotatable bonds is 5. The van der Waals surface area contributed by atoms with Gasteiger partial charge in [0.15, 0.2) is 5.65 Å². The van der Waals surface area contributed by atoms with E-state index in [0.29, 0.717) is 25.9 Å². The normalized spacial score (nSPS) is 16.1. The van der Waals surface area contributed by atoms with Crippen molar-refractivity contribution in [2.24, 2.45) is 13.0 Å². The van der Waals surface area contributed by atoms with E-state index in [1.54, 1.807) is 0 Å². The molecule has 2 aromatic heterocycles. The number of nitrogens with zero attached hydrogens (tertiary/aromatic N) is 4. The summed E-state index contributed by atoms with van der Waals surface area (Å²) in [5.74, 6) is 0.394. The number of likely N-dealkylation sites (tertiary alicyclic amines) is 1. The van der Waals surface area contributed by atoms with Crippen molar-refractivity contribution in [2.75, 3.05) is 13.1 Å². The van der Waals surface area contributed by atoms with Crippen LogP contribution in [0.4, 0.5) is 0 Å². The highest BCUT2D eigenvalue weighted by atomic mass is 16.3. The number of carbonyl (C=O) groups excluding carboxylic acids is 1. The zero-order valence-corrected chi connectivity index (χ0v) is 18.9. The van der Waals surface area contributed by atoms with E-state index in [9.17, 15) is 9.90 Å². The van der Waals surface area contributed by atoms with Crippen LogP contribution in [0.15, 0.2) is 30.3 Å². The van der Waals surface area contributed by atoms with E-state index in [0.717, 1.165) is 46.4 Å². The van der Waals surface area contributed by atoms with Crippen molar-refractivity contribution in [1.29, 1.82) is 0 Å². The topological polar surface area (TPSA) is 71.2 Å². The standard InChI is InChI=1S/C25H32N4O2/c1-16-21(17(2)26-25-23(16)18(3)27-28(25)4)10-11-22(30)29-14-12-20(13-15-29)24(31)19-8-6-5-7-9-19/h5-9,20,24,31H,10-15H2,1-4H3/t24-/m0/s1. The molecule has 1 saturated heterocycles. The molecule has 0 spiro atoms. The van der Waals surface area contributed by atoms with Gasteiger partial charge in [-0.1, -0.05) is 30.3 Å². The fourth-order valence-electron chi connectivity index (χ4n) is 5.01. The first kappa shape index (κ1) is 21.5. The SMILES string of the molecule is Cc1nc2c(c(C)nn2C)c(C)c1CCC(=O)N1CCC([C@@H](O)c2ccccc2)CC1. The minimum atomic E-state index is -0.454. The number of aryl methyl sites for hydroxylation is 4. The summed E-state index contributed by atoms with van der Waals surface area (Å²) in [5.41, 5.74) is 6.17. The first-order valence-electron chi connectivity index (χ1n) is 11.2. The molecule has 31 heavy (non-hydrogen) atoms. The first-order valence-corrected chi connectivity index (χ1v) is 11.2. The summed E-state index contributed by atoms with van der Waals surface area (Å²) in [7, 11) is 1.92. The summed E-state index contributed by atoms with van der Waals surface area (Å²) in [6.45, 7) is 7.57. The Morgan fingerprint density at radius 3 is 2.48 bits per heavy atom. The van der Waals surface area contributed by atoms with E-state index in [2.05, 4.69) is 12.0 Å². The van der Waals surface area contributed by atoms with Gasteiger partial charge in [-0.3, -0.25) is 9.48 Å². The van der Waals surface area contributed by atoms with E-state index in [4.69, 9.17) is 4.98 Å². The summed E-state index contributed by atoms with van der Waals surface area (Å²) in [6, 6.07) is 9.83. The lowest BCUT2D eigenvalue weighted by molar-refractivity contribution is -0.133. The quantitative estimate of drug-likeness (QED) is 0.682. The number of hydrogen-bond donors (Lipinski definition) is 1. The molecule has 6 heteroatoms. The number of aliphatic hydroxyl groups is 1. The molecule has 0 bridgehead atoms. The zero-order valence-electron chi connectivity index (χ0n) is 18.9. The Labute approximate surface area is 183 Å². The van der Waals surface area contributed by atoms with Crippen LogP contribution in [-0.4, -0.2) is 43.8 Å². The minimum Gasteiger partial charge on any atom is -0.388 e. The number of amides is 1. The van der Waals surface area contributed by atoms with Crippen molar-refractivity contribution >= 4 is 16.9 Å². The van der Waals surface area contributed by atoms with Gasteiger partial charge in [0.05, 0.1) is 11.8 Å². The van der Waals surface area contributed by atoms with Crippen LogP contribution in [0, 0.1) is 26.7 Å². The second-order valence-electron chi connectivity index (χ2n) is 8.78. The minimum absolute atomic E-state index is 0.189. The number of aliphatic hydroxyl groups excluding tert-OH is 1. The molecule has 0 unspecified atom stereocenters. The van der Waals surface area contributed by atoms with Crippen molar-refractivity contribution < 1.29 is 9.90 Å². The Hall–Kier alpha value is -2.73. The Kier molecular flexibility index (Phi) is 6.10. The van der Waals surface area contributed by atoms with Gasteiger partial charge < -0.3 is 10.0 Å². The van der Waals surface area contributed by atoms with Crippen LogP contribution in [0.3, 0.4) is 0 Å². The predicted molar refractivity (Wildman–Crippen MR) is 122 cm³/mol. The number of hydrogen-bond acceptors (Lipinski definition) is 4. The number of piperidine rings is 1. The molecule has 1 atom stereocenters. The molecule has 3 heterocycles. The van der Waals surface area contributed by atoms with Crippen molar-refractivity contribution in [3.63, 3.8) is 0 Å². The van der Waals surface area contributed by atoms with Crippen LogP contribution in [-0.2, 0) is 18.3 Å². The maximum Gasteiger partial charge on any atom is 0.222 e. The molecule has 164 valence electrons. The fraction of sp³-hybridized carbons (Fsp3) is 0.480. The number of fused-ring (bicyclic) bond motifs is 1. The van der Waals surface area contributed by atoms with E-state index in [1.165, 1.54) is 5.56 Å². The van der Waals surface area contributed by atoms with E-state index >= 15 is 0 Å². The van der Waals surface area contributed by atoms with Crippen molar-refractivity contribution in [2.45, 2.75) is 52.6 Å². The number of benzene rings is 1. The van der Waals surface area contributed by atoms with Crippen molar-refractivity contribution in [3.05, 3.63) is 58.4 Å². The summed E-state index contributed by atoms with van der Waals surface area (Å²) in [4.78, 5) is 19.6. The van der Waals surface area contributed by atoms with Gasteiger partial charge in [-0.25, -0.2) is 4.98 Å². The molecule has 1 aromatic carbocycles. The molecule has 1 N–H and O–H groups in total. The summed E-state index contributed by atoms with van der Waals surface area (Å²) < 4.78 is 1.83. The average molecular weight is 421 g/mol. The van der Waals surface area contributed by atoms with Crippen LogP contribution in [0.2, 0.25) is 0 Å². The molecule has 0 aliphatic carbocycles. The average Bonchev–Trinajstić information content (AvgIpc) is 3.06. The van der Waals surface area contributed by atoms with Crippen LogP contribution in [0.5, 0.6) is 0 Å². The van der Waals surface area contributed by atoms with Gasteiger partial charge in [0.2, 0.25) is 5.91 Å². The summed E-state index contributed by atoms with van der Waals surface area (Å²) >= 11 is 0. The predicted octanol–water partition coefficient (Wildman–Crippen LogP) is 3.80. The van der Waals surface area contributed by atoms with Gasteiger partial charge >= 0.3 is 0 Å². The monoisotopic (exact) mass is 420 g/mol. The zero-order chi connectivity index (χ0) is 22.1. The molecule has 0 radical (unpaired) electrons. The third kappa shape index (κ3) is 4.22. The van der Waals surface area contributed by atoms with E-state index < -0.39 is 6.10 Å². The molecule has 3 aromatic rings. The highest BCUT2D eigenvalue weighted by Gasteiger charge is 2.28. The number of pyridine rings is 1. The Bertz CT molecular complexity index is 1080. The van der Waals surface area contributed by atoms with Crippen molar-refractivity contribution in [1.82, 2.24) is 19.7 Å². The maximum absolute atomic E-state index is 12.9. The molecule has 4 rings (SSSR count). The van der Waals surface area contributed by atoms with Gasteiger partial charge in [-0.2, -0.15) is 5.10 Å². The Balaban J connectivity index is 1.37. The molecule has 1 aliphatic heterocycles. The lowest BCUT2D eigenvalue weighted by atomic mass is 9.87. The molecular weight excluding hydrogens is 388 g/mol. The van der Waals surface area contributed by atoms with Crippen LogP contribution in [0.1, 0.15) is 53.4 Å². The molecular formula is C25H32N4O2. The fourth-order valence-corrected chi connectivity index (χ4v) is 5.01. The lowest BCUT2D eigenvalue weighted by Gasteiger charge is -2.34. The van der Waals surface area contributed by atoms with E-state index in [-0.39, 0.29) is 11.8 Å². The smallest absolute Gasteiger partial charge is 0.222 e. The van der Waals surface area contributed by atoms with Gasteiger partial charge in [-0.05, 0) is 62.6 Å². The van der Waals surface area contributed by atoms with Gasteiger partial charge in [0, 0.05) is 37.6 Å². The first-order chi connectivity index (χ1) is 14.9. The number of aromatic nitrogens is 3. The Morgan fingerprint density at radius 2 is 1.81 bits per heavy atom. The Morgan fingerprint density at radius 1 is 1.13 bits per heavy atom. The molecule has 1 aliphatic rings. The second-order valence-corrected chi connectivity index (χ2v) is 8.78. The lowest BCUT2D eigenvalue weighted by Crippen LogP contribution is -2.39. The van der Waals surface area contributed by atoms with Crippen LogP contribution < -0.4 is 0 Å². The number of carbonyl (C=O) groups is 1. The van der Waals surface area contributed by atoms with E-state index in [1.807, 2.05) is 60.8 Å². The summed E-state index contributed by atoms with van der Waals surface area (Å²) in [5, 5.41) is 16.3. The molecule has 1 amide bonds. The van der Waals surface area contributed by atoms with Gasteiger partial charge in [-0.15, -0.1) is 0 Å². The van der Waals surface area contributed by atoms with Gasteiger partial charge in [0.1, 0.15) is 0 Å². The highest BCUT2D eigenvalue weighted by Crippen LogP contribution is 2.31. The second kappa shape index (κ2) is 8.79. The molecule has 0 saturated carbocycles. The highest BCUT2D eigenvalue weighted by molar-refractivity contribution is 5.84. The van der Waals surface area contributed by atoms with Crippen molar-refractivity contribution in [3.8, 4) is 0 Å². The maximum atomic E-state index is 12.9. The van der Waals surface area contributed by atoms with Crippen LogP contribution >= 0.6 is 0 Å². The summed E-state index contributed by atoms with van der Waals surface area (Å²) in [6.07, 6.45) is 2.40. The van der Waals surface area contributed by atoms with Crippen LogP contribution in [0.25, 0.3) is 11.0 Å². The van der Waals surface area contributed by atoms with Gasteiger partial charge in [0.25, 0.3) is 0 Å².